The van der Waals surface area contributed by atoms with E-state index in [4.69, 9.17) is 0 Å². The van der Waals surface area contributed by atoms with E-state index in [0.29, 0.717) is 12.5 Å². The van der Waals surface area contributed by atoms with Crippen LogP contribution in [0.5, 0.6) is 0 Å². The van der Waals surface area contributed by atoms with Crippen LogP contribution in [0, 0.1) is 5.92 Å². The van der Waals surface area contributed by atoms with Gasteiger partial charge in [0.25, 0.3) is 5.91 Å². The summed E-state index contributed by atoms with van der Waals surface area (Å²) in [7, 11) is 0. The highest BCUT2D eigenvalue weighted by Crippen LogP contribution is 2.09. The summed E-state index contributed by atoms with van der Waals surface area (Å²) < 4.78 is 0. The van der Waals surface area contributed by atoms with Crippen LogP contribution in [-0.2, 0) is 0 Å². The normalized spacial score (nSPS) is 11.2. The van der Waals surface area contributed by atoms with Crippen LogP contribution < -0.4 is 0 Å². The van der Waals surface area contributed by atoms with Gasteiger partial charge in [0.15, 0.2) is 0 Å². The van der Waals surface area contributed by atoms with Gasteiger partial charge in [-0.15, -0.1) is 5.10 Å². The highest BCUT2D eigenvalue weighted by molar-refractivity contribution is 5.90. The molecule has 1 N–H and O–H groups in total. The van der Waals surface area contributed by atoms with Crippen molar-refractivity contribution in [3.05, 3.63) is 11.6 Å². The zero-order chi connectivity index (χ0) is 13.0. The van der Waals surface area contributed by atoms with Crippen LogP contribution >= 0.6 is 0 Å². The molecule has 0 aromatic carbocycles. The summed E-state index contributed by atoms with van der Waals surface area (Å²) in [6, 6.07) is 0. The lowest BCUT2D eigenvalue weighted by Crippen LogP contribution is -2.34. The first-order valence-electron chi connectivity index (χ1n) is 6.17. The minimum absolute atomic E-state index is 0.0932. The van der Waals surface area contributed by atoms with E-state index in [2.05, 4.69) is 29.0 Å². The van der Waals surface area contributed by atoms with E-state index >= 15 is 0 Å². The molecule has 0 spiro atoms. The van der Waals surface area contributed by atoms with Crippen molar-refractivity contribution in [2.75, 3.05) is 13.1 Å². The third-order valence-electron chi connectivity index (χ3n) is 2.50. The fourth-order valence-electron chi connectivity index (χ4n) is 1.57. The molecule has 5 heteroatoms. The lowest BCUT2D eigenvalue weighted by Gasteiger charge is -2.21. The topological polar surface area (TPSA) is 61.9 Å². The van der Waals surface area contributed by atoms with Crippen LogP contribution in [0.15, 0.2) is 0 Å². The van der Waals surface area contributed by atoms with Crippen molar-refractivity contribution in [2.24, 2.45) is 5.92 Å². The minimum Gasteiger partial charge on any atom is -0.336 e. The Morgan fingerprint density at radius 2 is 2.00 bits per heavy atom. The van der Waals surface area contributed by atoms with Crippen molar-refractivity contribution in [3.8, 4) is 0 Å². The van der Waals surface area contributed by atoms with Crippen molar-refractivity contribution in [1.82, 2.24) is 20.1 Å². The number of aromatic nitrogens is 3. The smallest absolute Gasteiger partial charge is 0.293 e. The zero-order valence-electron chi connectivity index (χ0n) is 11.3. The van der Waals surface area contributed by atoms with E-state index in [-0.39, 0.29) is 17.6 Å². The monoisotopic (exact) mass is 238 g/mol. The highest BCUT2D eigenvalue weighted by atomic mass is 16.2. The molecule has 0 aliphatic carbocycles. The van der Waals surface area contributed by atoms with Gasteiger partial charge in [-0.1, -0.05) is 27.7 Å². The summed E-state index contributed by atoms with van der Waals surface area (Å²) >= 11 is 0. The number of nitrogens with one attached hydrogen (secondary N) is 1. The second-order valence-corrected chi connectivity index (χ2v) is 4.94. The molecule has 0 bridgehead atoms. The van der Waals surface area contributed by atoms with Gasteiger partial charge >= 0.3 is 0 Å². The molecule has 1 heterocycles. The average Bonchev–Trinajstić information content (AvgIpc) is 2.73. The van der Waals surface area contributed by atoms with Crippen LogP contribution in [0.1, 0.15) is 57.0 Å². The molecule has 0 saturated heterocycles. The molecule has 1 rings (SSSR count). The fraction of sp³-hybridized carbons (Fsp3) is 0.750. The Morgan fingerprint density at radius 3 is 2.41 bits per heavy atom. The number of nitrogens with zero attached hydrogens (tertiary/aromatic N) is 3. The molecule has 1 amide bonds. The van der Waals surface area contributed by atoms with Gasteiger partial charge < -0.3 is 4.90 Å². The molecule has 17 heavy (non-hydrogen) atoms. The van der Waals surface area contributed by atoms with Gasteiger partial charge in [-0.2, -0.15) is 0 Å². The molecule has 0 radical (unpaired) electrons. The van der Waals surface area contributed by atoms with Crippen molar-refractivity contribution in [1.29, 1.82) is 0 Å². The first-order chi connectivity index (χ1) is 7.95. The zero-order valence-corrected chi connectivity index (χ0v) is 11.3. The van der Waals surface area contributed by atoms with E-state index in [9.17, 15) is 4.79 Å². The van der Waals surface area contributed by atoms with Crippen LogP contribution in [0.2, 0.25) is 0 Å². The van der Waals surface area contributed by atoms with Gasteiger partial charge in [0.2, 0.25) is 5.82 Å². The fourth-order valence-corrected chi connectivity index (χ4v) is 1.57. The molecule has 1 aromatic rings. The van der Waals surface area contributed by atoms with E-state index in [1.54, 1.807) is 4.90 Å². The third kappa shape index (κ3) is 3.54. The maximum absolute atomic E-state index is 12.1. The predicted octanol–water partition coefficient (Wildman–Crippen LogP) is 2.05. The number of carbonyl (C=O) groups excluding carboxylic acids is 1. The maximum Gasteiger partial charge on any atom is 0.293 e. The van der Waals surface area contributed by atoms with E-state index < -0.39 is 0 Å². The van der Waals surface area contributed by atoms with Crippen LogP contribution in [0.25, 0.3) is 0 Å². The molecule has 0 aliphatic rings. The van der Waals surface area contributed by atoms with Crippen molar-refractivity contribution >= 4 is 5.91 Å². The van der Waals surface area contributed by atoms with Crippen molar-refractivity contribution in [2.45, 2.75) is 40.5 Å². The summed E-state index contributed by atoms with van der Waals surface area (Å²) in [5, 5.41) is 6.80. The molecule has 5 nitrogen and oxygen atoms in total. The summed E-state index contributed by atoms with van der Waals surface area (Å²) in [5.74, 6) is 1.64. The van der Waals surface area contributed by atoms with Gasteiger partial charge in [-0.05, 0) is 12.8 Å². The van der Waals surface area contributed by atoms with Crippen LogP contribution in [-0.4, -0.2) is 39.1 Å². The maximum atomic E-state index is 12.1. The third-order valence-corrected chi connectivity index (χ3v) is 2.50. The van der Waals surface area contributed by atoms with Crippen LogP contribution in [0.3, 0.4) is 0 Å². The molecule has 0 fully saturated rings. The van der Waals surface area contributed by atoms with E-state index in [0.717, 1.165) is 12.4 Å². The van der Waals surface area contributed by atoms with Crippen LogP contribution in [0.4, 0.5) is 0 Å². The number of H-pyrrole nitrogens is 1. The molecular weight excluding hydrogens is 216 g/mol. The highest BCUT2D eigenvalue weighted by Gasteiger charge is 2.20. The Hall–Kier alpha value is -1.39. The van der Waals surface area contributed by atoms with Gasteiger partial charge in [0, 0.05) is 19.0 Å². The lowest BCUT2D eigenvalue weighted by atomic mass is 10.2. The number of carbonyl (C=O) groups is 1. The Bertz CT molecular complexity index is 370. The quantitative estimate of drug-likeness (QED) is 0.854. The first kappa shape index (κ1) is 13.7. The second-order valence-electron chi connectivity index (χ2n) is 4.94. The summed E-state index contributed by atoms with van der Waals surface area (Å²) in [4.78, 5) is 18.1. The SMILES string of the molecule is CCN(CC(C)C)C(=O)c1n[nH]c(C(C)C)n1. The Kier molecular flexibility index (Phi) is 4.66. The Morgan fingerprint density at radius 1 is 1.35 bits per heavy atom. The second kappa shape index (κ2) is 5.80. The molecule has 1 aromatic heterocycles. The molecular formula is C12H22N4O. The van der Waals surface area contributed by atoms with E-state index in [1.165, 1.54) is 0 Å². The molecule has 0 atom stereocenters. The molecule has 0 unspecified atom stereocenters. The van der Waals surface area contributed by atoms with Gasteiger partial charge in [-0.3, -0.25) is 9.89 Å². The van der Waals surface area contributed by atoms with Gasteiger partial charge in [0.1, 0.15) is 5.82 Å². The summed E-state index contributed by atoms with van der Waals surface area (Å²) in [5.41, 5.74) is 0. The number of amides is 1. The molecule has 0 aliphatic heterocycles. The first-order valence-corrected chi connectivity index (χ1v) is 6.17. The number of aromatic amines is 1. The number of rotatable bonds is 5. The number of hydrogen-bond acceptors (Lipinski definition) is 3. The Balaban J connectivity index is 2.79. The van der Waals surface area contributed by atoms with Crippen molar-refractivity contribution < 1.29 is 4.79 Å². The standard InChI is InChI=1S/C12H22N4O/c1-6-16(7-8(2)3)12(17)11-13-10(9(4)5)14-15-11/h8-9H,6-7H2,1-5H3,(H,13,14,15). The number of hydrogen-bond donors (Lipinski definition) is 1. The van der Waals surface area contributed by atoms with E-state index in [1.807, 2.05) is 20.8 Å². The molecule has 0 saturated carbocycles. The summed E-state index contributed by atoms with van der Waals surface area (Å²) in [6.45, 7) is 11.6. The predicted molar refractivity (Wildman–Crippen MR) is 66.9 cm³/mol. The summed E-state index contributed by atoms with van der Waals surface area (Å²) in [6.07, 6.45) is 0. The van der Waals surface area contributed by atoms with Gasteiger partial charge in [0.05, 0.1) is 0 Å². The van der Waals surface area contributed by atoms with Crippen molar-refractivity contribution in [3.63, 3.8) is 0 Å². The lowest BCUT2D eigenvalue weighted by molar-refractivity contribution is 0.0734. The van der Waals surface area contributed by atoms with Gasteiger partial charge in [-0.25, -0.2) is 4.98 Å². The molecule has 96 valence electrons. The Labute approximate surface area is 103 Å². The largest absolute Gasteiger partial charge is 0.336 e. The minimum atomic E-state index is -0.0932. The average molecular weight is 238 g/mol.